The largest absolute Gasteiger partial charge is 0.381 e. The molecular weight excluding hydrogens is 296 g/mol. The van der Waals surface area contributed by atoms with Gasteiger partial charge in [0.15, 0.2) is 0 Å². The van der Waals surface area contributed by atoms with E-state index in [2.05, 4.69) is 15.3 Å². The van der Waals surface area contributed by atoms with E-state index in [1.165, 1.54) is 12.3 Å². The summed E-state index contributed by atoms with van der Waals surface area (Å²) in [4.78, 5) is 31.2. The average molecular weight is 316 g/mol. The molecule has 0 aliphatic carbocycles. The molecule has 7 nitrogen and oxygen atoms in total. The molecule has 1 amide bonds. The zero-order valence-corrected chi connectivity index (χ0v) is 13.0. The molecule has 1 fully saturated rings. The number of carbonyl (C=O) groups is 1. The molecule has 7 heteroatoms. The number of aromatic nitrogens is 3. The number of amides is 1. The number of aromatic amines is 1. The van der Waals surface area contributed by atoms with Crippen molar-refractivity contribution in [2.24, 2.45) is 13.0 Å². The third-order valence-electron chi connectivity index (χ3n) is 4.22. The van der Waals surface area contributed by atoms with Crippen LogP contribution in [0.25, 0.3) is 0 Å². The Balaban J connectivity index is 1.87. The summed E-state index contributed by atoms with van der Waals surface area (Å²) in [5, 5.41) is 2.99. The summed E-state index contributed by atoms with van der Waals surface area (Å²) >= 11 is 0. The monoisotopic (exact) mass is 316 g/mol. The number of nitrogens with one attached hydrogen (secondary N) is 2. The van der Waals surface area contributed by atoms with Gasteiger partial charge in [0.2, 0.25) is 0 Å². The Kier molecular flexibility index (Phi) is 4.57. The Morgan fingerprint density at radius 3 is 2.91 bits per heavy atom. The van der Waals surface area contributed by atoms with Crippen LogP contribution in [0, 0.1) is 5.92 Å². The highest BCUT2D eigenvalue weighted by Gasteiger charge is 2.30. The predicted molar refractivity (Wildman–Crippen MR) is 84.0 cm³/mol. The zero-order chi connectivity index (χ0) is 16.2. The molecule has 0 bridgehead atoms. The van der Waals surface area contributed by atoms with E-state index in [1.54, 1.807) is 12.3 Å². The SMILES string of the molecule is Cn1ccnc1[C@H](NC(=O)c1ccc[nH]c1=O)C1CCOCC1. The van der Waals surface area contributed by atoms with Crippen molar-refractivity contribution >= 4 is 5.91 Å². The lowest BCUT2D eigenvalue weighted by atomic mass is 9.91. The number of hydrogen-bond donors (Lipinski definition) is 2. The van der Waals surface area contributed by atoms with Crippen molar-refractivity contribution in [3.05, 3.63) is 52.5 Å². The van der Waals surface area contributed by atoms with Crippen LogP contribution in [0.2, 0.25) is 0 Å². The van der Waals surface area contributed by atoms with Gasteiger partial charge in [-0.25, -0.2) is 4.98 Å². The van der Waals surface area contributed by atoms with Crippen molar-refractivity contribution in [3.8, 4) is 0 Å². The molecule has 0 aromatic carbocycles. The number of ether oxygens (including phenoxy) is 1. The van der Waals surface area contributed by atoms with Gasteiger partial charge in [-0.05, 0) is 30.9 Å². The molecule has 1 aliphatic heterocycles. The first-order chi connectivity index (χ1) is 11.2. The van der Waals surface area contributed by atoms with Gasteiger partial charge in [0.05, 0.1) is 6.04 Å². The number of imidazole rings is 1. The van der Waals surface area contributed by atoms with Crippen LogP contribution >= 0.6 is 0 Å². The number of carbonyl (C=O) groups excluding carboxylic acids is 1. The lowest BCUT2D eigenvalue weighted by molar-refractivity contribution is 0.0499. The lowest BCUT2D eigenvalue weighted by Gasteiger charge is -2.30. The van der Waals surface area contributed by atoms with E-state index in [0.29, 0.717) is 13.2 Å². The standard InChI is InChI=1S/C16H20N4O3/c1-20-8-7-17-14(20)13(11-4-9-23-10-5-11)19-16(22)12-3-2-6-18-15(12)21/h2-3,6-8,11,13H,4-5,9-10H2,1H3,(H,18,21)(H,19,22)/t13-/m1/s1. The maximum atomic E-state index is 12.5. The van der Waals surface area contributed by atoms with Crippen molar-refractivity contribution in [3.63, 3.8) is 0 Å². The molecule has 3 rings (SSSR count). The van der Waals surface area contributed by atoms with Gasteiger partial charge < -0.3 is 19.6 Å². The molecule has 3 heterocycles. The van der Waals surface area contributed by atoms with Gasteiger partial charge in [-0.1, -0.05) is 0 Å². The van der Waals surface area contributed by atoms with Gasteiger partial charge in [0, 0.05) is 38.9 Å². The van der Waals surface area contributed by atoms with Crippen molar-refractivity contribution < 1.29 is 9.53 Å². The molecule has 23 heavy (non-hydrogen) atoms. The molecule has 2 aromatic rings. The van der Waals surface area contributed by atoms with Crippen molar-refractivity contribution in [1.29, 1.82) is 0 Å². The Morgan fingerprint density at radius 2 is 2.26 bits per heavy atom. The van der Waals surface area contributed by atoms with Gasteiger partial charge in [-0.2, -0.15) is 0 Å². The smallest absolute Gasteiger partial charge is 0.260 e. The van der Waals surface area contributed by atoms with Crippen LogP contribution in [-0.2, 0) is 11.8 Å². The number of pyridine rings is 1. The summed E-state index contributed by atoms with van der Waals surface area (Å²) in [6.07, 6.45) is 6.77. The Labute approximate surface area is 133 Å². The maximum absolute atomic E-state index is 12.5. The fourth-order valence-corrected chi connectivity index (χ4v) is 2.94. The van der Waals surface area contributed by atoms with Gasteiger partial charge in [0.1, 0.15) is 11.4 Å². The van der Waals surface area contributed by atoms with Crippen LogP contribution in [0.3, 0.4) is 0 Å². The van der Waals surface area contributed by atoms with Crippen LogP contribution in [0.15, 0.2) is 35.5 Å². The second-order valence-electron chi connectivity index (χ2n) is 5.71. The molecule has 0 saturated carbocycles. The summed E-state index contributed by atoms with van der Waals surface area (Å²) in [7, 11) is 1.90. The van der Waals surface area contributed by atoms with Crippen LogP contribution in [0.4, 0.5) is 0 Å². The van der Waals surface area contributed by atoms with Crippen LogP contribution < -0.4 is 10.9 Å². The van der Waals surface area contributed by atoms with Crippen molar-refractivity contribution in [2.45, 2.75) is 18.9 Å². The second kappa shape index (κ2) is 6.78. The molecule has 0 spiro atoms. The highest BCUT2D eigenvalue weighted by molar-refractivity contribution is 5.93. The number of H-pyrrole nitrogens is 1. The normalized spacial score (nSPS) is 16.9. The molecule has 1 atom stereocenters. The molecule has 1 aliphatic rings. The highest BCUT2D eigenvalue weighted by atomic mass is 16.5. The van der Waals surface area contributed by atoms with Crippen molar-refractivity contribution in [1.82, 2.24) is 19.9 Å². The number of hydrogen-bond acceptors (Lipinski definition) is 4. The van der Waals surface area contributed by atoms with Gasteiger partial charge in [0.25, 0.3) is 11.5 Å². The highest BCUT2D eigenvalue weighted by Crippen LogP contribution is 2.29. The third kappa shape index (κ3) is 3.34. The average Bonchev–Trinajstić information content (AvgIpc) is 2.99. The number of aryl methyl sites for hydroxylation is 1. The number of nitrogens with zero attached hydrogens (tertiary/aromatic N) is 2. The fourth-order valence-electron chi connectivity index (χ4n) is 2.94. The van der Waals surface area contributed by atoms with Gasteiger partial charge in [-0.15, -0.1) is 0 Å². The van der Waals surface area contributed by atoms with Crippen LogP contribution in [0.1, 0.15) is 35.1 Å². The van der Waals surface area contributed by atoms with Gasteiger partial charge >= 0.3 is 0 Å². The van der Waals surface area contributed by atoms with E-state index in [9.17, 15) is 9.59 Å². The first-order valence-electron chi connectivity index (χ1n) is 7.70. The van der Waals surface area contributed by atoms with E-state index >= 15 is 0 Å². The van der Waals surface area contributed by atoms with Gasteiger partial charge in [-0.3, -0.25) is 9.59 Å². The van der Waals surface area contributed by atoms with Crippen LogP contribution in [0.5, 0.6) is 0 Å². The van der Waals surface area contributed by atoms with E-state index in [1.807, 2.05) is 17.8 Å². The summed E-state index contributed by atoms with van der Waals surface area (Å²) in [5.74, 6) is 0.639. The second-order valence-corrected chi connectivity index (χ2v) is 5.71. The summed E-state index contributed by atoms with van der Waals surface area (Å²) in [5.41, 5.74) is -0.283. The van der Waals surface area contributed by atoms with E-state index in [4.69, 9.17) is 4.74 Å². The fraction of sp³-hybridized carbons (Fsp3) is 0.438. The quantitative estimate of drug-likeness (QED) is 0.881. The van der Waals surface area contributed by atoms with Crippen molar-refractivity contribution in [2.75, 3.05) is 13.2 Å². The molecule has 0 radical (unpaired) electrons. The maximum Gasteiger partial charge on any atom is 0.260 e. The Bertz CT molecular complexity index is 731. The Morgan fingerprint density at radius 1 is 1.48 bits per heavy atom. The number of rotatable bonds is 4. The van der Waals surface area contributed by atoms with E-state index < -0.39 is 5.56 Å². The predicted octanol–water partition coefficient (Wildman–Crippen LogP) is 1.01. The summed E-state index contributed by atoms with van der Waals surface area (Å²) < 4.78 is 7.31. The first kappa shape index (κ1) is 15.5. The van der Waals surface area contributed by atoms with Crippen LogP contribution in [-0.4, -0.2) is 33.7 Å². The molecule has 0 unspecified atom stereocenters. The zero-order valence-electron chi connectivity index (χ0n) is 13.0. The molecule has 122 valence electrons. The third-order valence-corrected chi connectivity index (χ3v) is 4.22. The molecule has 2 aromatic heterocycles. The van der Waals surface area contributed by atoms with E-state index in [-0.39, 0.29) is 23.4 Å². The topological polar surface area (TPSA) is 89.0 Å². The minimum Gasteiger partial charge on any atom is -0.381 e. The minimum absolute atomic E-state index is 0.110. The summed E-state index contributed by atoms with van der Waals surface area (Å²) in [6.45, 7) is 1.35. The Hall–Kier alpha value is -2.41. The van der Waals surface area contributed by atoms with E-state index in [0.717, 1.165) is 18.7 Å². The molecule has 2 N–H and O–H groups in total. The lowest BCUT2D eigenvalue weighted by Crippen LogP contribution is -2.39. The summed E-state index contributed by atoms with van der Waals surface area (Å²) in [6, 6.07) is 2.92. The minimum atomic E-state index is -0.393. The molecule has 1 saturated heterocycles. The molecular formula is C16H20N4O3. The first-order valence-corrected chi connectivity index (χ1v) is 7.70.